The van der Waals surface area contributed by atoms with E-state index in [2.05, 4.69) is 36.3 Å². The zero-order valence-electron chi connectivity index (χ0n) is 10.4. The molecule has 0 aliphatic heterocycles. The van der Waals surface area contributed by atoms with Crippen molar-refractivity contribution < 1.29 is 18.6 Å². The van der Waals surface area contributed by atoms with Crippen molar-refractivity contribution in [3.8, 4) is 0 Å². The SMILES string of the molecule is O=S(=O)(N=CN(CCO)CCO)c1cc(Br)cc(Br)c1. The maximum absolute atomic E-state index is 12.1. The van der Waals surface area contributed by atoms with Crippen LogP contribution in [0.4, 0.5) is 0 Å². The van der Waals surface area contributed by atoms with E-state index in [-0.39, 0.29) is 31.2 Å². The van der Waals surface area contributed by atoms with Gasteiger partial charge >= 0.3 is 0 Å². The lowest BCUT2D eigenvalue weighted by Crippen LogP contribution is -2.28. The van der Waals surface area contributed by atoms with Gasteiger partial charge < -0.3 is 15.1 Å². The lowest BCUT2D eigenvalue weighted by atomic mass is 10.4. The Hall–Kier alpha value is -0.480. The lowest BCUT2D eigenvalue weighted by Gasteiger charge is -2.16. The summed E-state index contributed by atoms with van der Waals surface area (Å²) in [5.41, 5.74) is 0. The van der Waals surface area contributed by atoms with Gasteiger partial charge in [-0.1, -0.05) is 31.9 Å². The van der Waals surface area contributed by atoms with Crippen molar-refractivity contribution in [3.63, 3.8) is 0 Å². The highest BCUT2D eigenvalue weighted by Crippen LogP contribution is 2.24. The van der Waals surface area contributed by atoms with Crippen LogP contribution < -0.4 is 0 Å². The Morgan fingerprint density at radius 2 is 1.60 bits per heavy atom. The molecule has 0 spiro atoms. The fourth-order valence-electron chi connectivity index (χ4n) is 1.35. The number of hydrogen-bond acceptors (Lipinski definition) is 4. The Morgan fingerprint density at radius 1 is 1.10 bits per heavy atom. The maximum Gasteiger partial charge on any atom is 0.283 e. The van der Waals surface area contributed by atoms with E-state index in [0.717, 1.165) is 6.34 Å². The van der Waals surface area contributed by atoms with Gasteiger partial charge in [0.25, 0.3) is 10.0 Å². The Morgan fingerprint density at radius 3 is 2.05 bits per heavy atom. The monoisotopic (exact) mass is 428 g/mol. The summed E-state index contributed by atoms with van der Waals surface area (Å²) in [5, 5.41) is 17.7. The predicted octanol–water partition coefficient (Wildman–Crippen LogP) is 1.22. The number of halogens is 2. The predicted molar refractivity (Wildman–Crippen MR) is 83.3 cm³/mol. The number of aliphatic hydroxyl groups is 2. The van der Waals surface area contributed by atoms with Crippen LogP contribution in [-0.2, 0) is 10.0 Å². The van der Waals surface area contributed by atoms with Crippen molar-refractivity contribution in [2.75, 3.05) is 26.3 Å². The van der Waals surface area contributed by atoms with Crippen molar-refractivity contribution in [1.82, 2.24) is 4.90 Å². The molecule has 9 heteroatoms. The summed E-state index contributed by atoms with van der Waals surface area (Å²) in [5.74, 6) is 0. The summed E-state index contributed by atoms with van der Waals surface area (Å²) in [6.07, 6.45) is 1.11. The molecule has 0 aliphatic carbocycles. The first-order valence-corrected chi connectivity index (χ1v) is 8.64. The first-order chi connectivity index (χ1) is 9.39. The van der Waals surface area contributed by atoms with E-state index >= 15 is 0 Å². The van der Waals surface area contributed by atoms with Crippen molar-refractivity contribution in [3.05, 3.63) is 27.1 Å². The molecule has 0 amide bonds. The summed E-state index contributed by atoms with van der Waals surface area (Å²) >= 11 is 6.42. The Bertz CT molecular complexity index is 552. The summed E-state index contributed by atoms with van der Waals surface area (Å²) in [7, 11) is -3.83. The van der Waals surface area contributed by atoms with E-state index in [4.69, 9.17) is 10.2 Å². The second-order valence-electron chi connectivity index (χ2n) is 3.78. The third kappa shape index (κ3) is 5.49. The van der Waals surface area contributed by atoms with Crippen LogP contribution in [0.5, 0.6) is 0 Å². The van der Waals surface area contributed by atoms with E-state index in [1.54, 1.807) is 6.07 Å². The van der Waals surface area contributed by atoms with Crippen LogP contribution in [0.3, 0.4) is 0 Å². The molecule has 0 unspecified atom stereocenters. The van der Waals surface area contributed by atoms with Gasteiger partial charge in [-0.25, -0.2) is 0 Å². The van der Waals surface area contributed by atoms with E-state index < -0.39 is 10.0 Å². The van der Waals surface area contributed by atoms with Crippen LogP contribution in [0.2, 0.25) is 0 Å². The standard InChI is InChI=1S/C11H14Br2N2O4S/c12-9-5-10(13)7-11(6-9)20(18,19)14-8-15(1-3-16)2-4-17/h5-8,16-17H,1-4H2. The van der Waals surface area contributed by atoms with Crippen LogP contribution in [-0.4, -0.2) is 56.2 Å². The minimum Gasteiger partial charge on any atom is -0.395 e. The number of rotatable bonds is 7. The Kier molecular flexibility index (Phi) is 7.10. The topological polar surface area (TPSA) is 90.2 Å². The fraction of sp³-hybridized carbons (Fsp3) is 0.364. The molecule has 0 aromatic heterocycles. The molecule has 0 aliphatic rings. The van der Waals surface area contributed by atoms with E-state index in [1.165, 1.54) is 17.0 Å². The molecule has 1 aromatic carbocycles. The van der Waals surface area contributed by atoms with Crippen LogP contribution in [0, 0.1) is 0 Å². The zero-order chi connectivity index (χ0) is 15.2. The van der Waals surface area contributed by atoms with Gasteiger partial charge in [0, 0.05) is 22.0 Å². The highest BCUT2D eigenvalue weighted by atomic mass is 79.9. The van der Waals surface area contributed by atoms with Gasteiger partial charge in [-0.05, 0) is 18.2 Å². The largest absolute Gasteiger partial charge is 0.395 e. The molecule has 0 radical (unpaired) electrons. The first-order valence-electron chi connectivity index (χ1n) is 5.61. The molecule has 2 N–H and O–H groups in total. The number of nitrogens with zero attached hydrogens (tertiary/aromatic N) is 2. The Balaban J connectivity index is 2.98. The number of sulfonamides is 1. The molecule has 1 rings (SSSR count). The van der Waals surface area contributed by atoms with Crippen molar-refractivity contribution in [2.24, 2.45) is 4.40 Å². The van der Waals surface area contributed by atoms with E-state index in [9.17, 15) is 8.42 Å². The lowest BCUT2D eigenvalue weighted by molar-refractivity contribution is 0.215. The highest BCUT2D eigenvalue weighted by Gasteiger charge is 2.14. The second kappa shape index (κ2) is 8.08. The smallest absolute Gasteiger partial charge is 0.283 e. The van der Waals surface area contributed by atoms with Gasteiger partial charge in [0.2, 0.25) is 0 Å². The van der Waals surface area contributed by atoms with E-state index in [1.807, 2.05) is 0 Å². The third-order valence-corrected chi connectivity index (χ3v) is 4.38. The minimum absolute atomic E-state index is 0.0444. The van der Waals surface area contributed by atoms with Gasteiger partial charge in [0.1, 0.15) is 6.34 Å². The highest BCUT2D eigenvalue weighted by molar-refractivity contribution is 9.11. The molecule has 0 bridgehead atoms. The normalized spacial score (nSPS) is 12.0. The van der Waals surface area contributed by atoms with Crippen molar-refractivity contribution in [1.29, 1.82) is 0 Å². The second-order valence-corrected chi connectivity index (χ2v) is 7.25. The van der Waals surface area contributed by atoms with Gasteiger partial charge in [-0.2, -0.15) is 8.42 Å². The number of benzene rings is 1. The molecule has 0 atom stereocenters. The summed E-state index contributed by atoms with van der Waals surface area (Å²) in [6.45, 7) is 0.0759. The molecule has 6 nitrogen and oxygen atoms in total. The van der Waals surface area contributed by atoms with Crippen molar-refractivity contribution in [2.45, 2.75) is 4.90 Å². The van der Waals surface area contributed by atoms with Gasteiger partial charge in [-0.15, -0.1) is 4.40 Å². The number of aliphatic hydroxyl groups excluding tert-OH is 2. The number of hydrogen-bond donors (Lipinski definition) is 2. The Labute approximate surface area is 134 Å². The summed E-state index contributed by atoms with van der Waals surface area (Å²) < 4.78 is 28.9. The summed E-state index contributed by atoms with van der Waals surface area (Å²) in [4.78, 5) is 1.47. The van der Waals surface area contributed by atoms with Gasteiger partial charge in [0.15, 0.2) is 0 Å². The molecular weight excluding hydrogens is 416 g/mol. The summed E-state index contributed by atoms with van der Waals surface area (Å²) in [6, 6.07) is 4.60. The third-order valence-electron chi connectivity index (χ3n) is 2.26. The van der Waals surface area contributed by atoms with Gasteiger partial charge in [0.05, 0.1) is 18.1 Å². The molecule has 0 saturated carbocycles. The van der Waals surface area contributed by atoms with Crippen molar-refractivity contribution >= 4 is 48.2 Å². The maximum atomic E-state index is 12.1. The average molecular weight is 430 g/mol. The van der Waals surface area contributed by atoms with Crippen LogP contribution in [0.25, 0.3) is 0 Å². The van der Waals surface area contributed by atoms with Crippen LogP contribution in [0.1, 0.15) is 0 Å². The van der Waals surface area contributed by atoms with Crippen LogP contribution >= 0.6 is 31.9 Å². The molecule has 20 heavy (non-hydrogen) atoms. The molecule has 0 heterocycles. The average Bonchev–Trinajstić information content (AvgIpc) is 2.35. The quantitative estimate of drug-likeness (QED) is 0.502. The molecule has 112 valence electrons. The first kappa shape index (κ1) is 17.6. The minimum atomic E-state index is -3.83. The molecule has 0 fully saturated rings. The molecular formula is C11H14Br2N2O4S. The zero-order valence-corrected chi connectivity index (χ0v) is 14.4. The molecule has 0 saturated heterocycles. The van der Waals surface area contributed by atoms with Gasteiger partial charge in [-0.3, -0.25) is 0 Å². The fourth-order valence-corrected chi connectivity index (χ4v) is 3.88. The van der Waals surface area contributed by atoms with E-state index in [0.29, 0.717) is 8.95 Å². The molecule has 1 aromatic rings. The van der Waals surface area contributed by atoms with Crippen LogP contribution in [0.15, 0.2) is 36.4 Å².